The molecule has 0 saturated carbocycles. The van der Waals surface area contributed by atoms with Crippen LogP contribution in [0.25, 0.3) is 0 Å². The average Bonchev–Trinajstić information content (AvgIpc) is 2.87. The standard InChI is InChI=1S/C27H33ClN4O4/c1-4-27(5-2)15-24(33)32(26(29)31-27)16-18-13-17(7-9-22(18)35-6-3)25(34)30-21-11-12-36-23-10-8-19(28)14-20(21)23/h7-10,13-14,21H,4-6,11-12,15-16H2,1-3H3,(H2,29,31)(H,30,34). The Balaban J connectivity index is 1.58. The Hall–Kier alpha value is -3.26. The molecule has 2 amide bonds. The van der Waals surface area contributed by atoms with Gasteiger partial charge in [-0.05, 0) is 56.2 Å². The second-order valence-electron chi connectivity index (χ2n) is 9.16. The third kappa shape index (κ3) is 5.28. The molecule has 2 aliphatic rings. The summed E-state index contributed by atoms with van der Waals surface area (Å²) < 4.78 is 11.5. The number of amides is 2. The van der Waals surface area contributed by atoms with Gasteiger partial charge in [-0.1, -0.05) is 25.4 Å². The monoisotopic (exact) mass is 512 g/mol. The van der Waals surface area contributed by atoms with Crippen LogP contribution in [-0.4, -0.2) is 41.4 Å². The van der Waals surface area contributed by atoms with E-state index in [2.05, 4.69) is 10.3 Å². The number of aliphatic imine (C=N–C) groups is 1. The van der Waals surface area contributed by atoms with Crippen molar-refractivity contribution in [3.63, 3.8) is 0 Å². The van der Waals surface area contributed by atoms with Gasteiger partial charge >= 0.3 is 0 Å². The Kier molecular flexibility index (Phi) is 7.73. The maximum atomic E-state index is 13.3. The van der Waals surface area contributed by atoms with E-state index >= 15 is 0 Å². The number of benzene rings is 2. The average molecular weight is 513 g/mol. The minimum Gasteiger partial charge on any atom is -0.494 e. The molecule has 9 heteroatoms. The number of nitrogens with zero attached hydrogens (tertiary/aromatic N) is 2. The number of hydrogen-bond donors (Lipinski definition) is 2. The molecule has 2 aliphatic heterocycles. The van der Waals surface area contributed by atoms with Crippen LogP contribution in [0.2, 0.25) is 5.02 Å². The molecule has 0 aromatic heterocycles. The van der Waals surface area contributed by atoms with E-state index in [0.29, 0.717) is 48.0 Å². The molecule has 36 heavy (non-hydrogen) atoms. The number of nitrogens with two attached hydrogens (primary N) is 1. The topological polar surface area (TPSA) is 106 Å². The summed E-state index contributed by atoms with van der Waals surface area (Å²) in [6.07, 6.45) is 2.42. The first kappa shape index (κ1) is 25.8. The van der Waals surface area contributed by atoms with Crippen LogP contribution in [0.4, 0.5) is 0 Å². The first-order valence-electron chi connectivity index (χ1n) is 12.4. The number of rotatable bonds is 8. The molecule has 1 atom stereocenters. The SMILES string of the molecule is CCOc1ccc(C(=O)NC2CCOc3ccc(Cl)cc32)cc1CN1C(=O)CC(CC)(CC)N=C1N. The van der Waals surface area contributed by atoms with Crippen LogP contribution < -0.4 is 20.5 Å². The zero-order valence-electron chi connectivity index (χ0n) is 21.0. The lowest BCUT2D eigenvalue weighted by Crippen LogP contribution is -2.50. The van der Waals surface area contributed by atoms with Gasteiger partial charge in [0.05, 0.1) is 37.8 Å². The first-order valence-corrected chi connectivity index (χ1v) is 12.8. The summed E-state index contributed by atoms with van der Waals surface area (Å²) in [5.41, 5.74) is 7.80. The third-order valence-corrected chi connectivity index (χ3v) is 7.23. The Labute approximate surface area is 216 Å². The van der Waals surface area contributed by atoms with Crippen LogP contribution in [0.15, 0.2) is 41.4 Å². The predicted molar refractivity (Wildman–Crippen MR) is 139 cm³/mol. The quantitative estimate of drug-likeness (QED) is 0.537. The number of carbonyl (C=O) groups excluding carboxylic acids is 2. The van der Waals surface area contributed by atoms with Gasteiger partial charge < -0.3 is 20.5 Å². The lowest BCUT2D eigenvalue weighted by atomic mass is 9.88. The van der Waals surface area contributed by atoms with Crippen LogP contribution in [-0.2, 0) is 11.3 Å². The zero-order chi connectivity index (χ0) is 25.9. The summed E-state index contributed by atoms with van der Waals surface area (Å²) >= 11 is 6.18. The summed E-state index contributed by atoms with van der Waals surface area (Å²) in [7, 11) is 0. The fourth-order valence-corrected chi connectivity index (χ4v) is 4.92. The van der Waals surface area contributed by atoms with Crippen LogP contribution >= 0.6 is 11.6 Å². The van der Waals surface area contributed by atoms with Crippen molar-refractivity contribution in [2.75, 3.05) is 13.2 Å². The van der Waals surface area contributed by atoms with Gasteiger partial charge in [0.1, 0.15) is 11.5 Å². The molecule has 0 bridgehead atoms. The Morgan fingerprint density at radius 3 is 2.72 bits per heavy atom. The highest BCUT2D eigenvalue weighted by molar-refractivity contribution is 6.30. The second kappa shape index (κ2) is 10.8. The Morgan fingerprint density at radius 1 is 1.25 bits per heavy atom. The molecule has 4 rings (SSSR count). The normalized spacial score (nSPS) is 18.7. The van der Waals surface area contributed by atoms with E-state index in [-0.39, 0.29) is 30.4 Å². The molecular weight excluding hydrogens is 480 g/mol. The van der Waals surface area contributed by atoms with Gasteiger partial charge in [-0.25, -0.2) is 4.99 Å². The van der Waals surface area contributed by atoms with Crippen molar-refractivity contribution < 1.29 is 19.1 Å². The minimum atomic E-state index is -0.453. The number of guanidine groups is 1. The van der Waals surface area contributed by atoms with Crippen molar-refractivity contribution in [1.82, 2.24) is 10.2 Å². The number of fused-ring (bicyclic) bond motifs is 1. The molecule has 3 N–H and O–H groups in total. The summed E-state index contributed by atoms with van der Waals surface area (Å²) in [6, 6.07) is 10.4. The molecule has 1 unspecified atom stereocenters. The van der Waals surface area contributed by atoms with Crippen molar-refractivity contribution in [3.05, 3.63) is 58.1 Å². The molecule has 0 fully saturated rings. The molecule has 2 aromatic rings. The molecule has 8 nitrogen and oxygen atoms in total. The molecule has 0 aliphatic carbocycles. The molecule has 0 spiro atoms. The fraction of sp³-hybridized carbons (Fsp3) is 0.444. The third-order valence-electron chi connectivity index (χ3n) is 6.99. The van der Waals surface area contributed by atoms with E-state index in [1.54, 1.807) is 24.3 Å². The van der Waals surface area contributed by atoms with Gasteiger partial charge in [0, 0.05) is 28.1 Å². The highest BCUT2D eigenvalue weighted by Gasteiger charge is 2.37. The lowest BCUT2D eigenvalue weighted by molar-refractivity contribution is -0.130. The van der Waals surface area contributed by atoms with E-state index in [1.807, 2.05) is 32.9 Å². The number of nitrogens with one attached hydrogen (secondary N) is 1. The number of ether oxygens (including phenoxy) is 2. The molecular formula is C27H33ClN4O4. The maximum absolute atomic E-state index is 13.3. The summed E-state index contributed by atoms with van der Waals surface area (Å²) in [5.74, 6) is 1.19. The summed E-state index contributed by atoms with van der Waals surface area (Å²) in [5, 5.41) is 3.68. The van der Waals surface area contributed by atoms with Gasteiger partial charge in [-0.3, -0.25) is 14.5 Å². The van der Waals surface area contributed by atoms with Gasteiger partial charge in [0.15, 0.2) is 5.96 Å². The number of hydrogen-bond acceptors (Lipinski definition) is 6. The molecule has 192 valence electrons. The van der Waals surface area contributed by atoms with Crippen LogP contribution in [0.3, 0.4) is 0 Å². The Bertz CT molecular complexity index is 1180. The molecule has 2 heterocycles. The number of halogens is 1. The van der Waals surface area contributed by atoms with Crippen molar-refractivity contribution >= 4 is 29.4 Å². The van der Waals surface area contributed by atoms with E-state index in [4.69, 9.17) is 26.8 Å². The van der Waals surface area contributed by atoms with Crippen molar-refractivity contribution in [2.24, 2.45) is 10.7 Å². The van der Waals surface area contributed by atoms with E-state index in [1.165, 1.54) is 4.90 Å². The summed E-state index contributed by atoms with van der Waals surface area (Å²) in [6.45, 7) is 7.04. The van der Waals surface area contributed by atoms with Gasteiger partial charge in [0.2, 0.25) is 5.91 Å². The predicted octanol–water partition coefficient (Wildman–Crippen LogP) is 4.60. The van der Waals surface area contributed by atoms with E-state index in [0.717, 1.165) is 24.2 Å². The lowest BCUT2D eigenvalue weighted by Gasteiger charge is -2.36. The Morgan fingerprint density at radius 2 is 2.03 bits per heavy atom. The van der Waals surface area contributed by atoms with Gasteiger partial charge in [-0.15, -0.1) is 0 Å². The summed E-state index contributed by atoms with van der Waals surface area (Å²) in [4.78, 5) is 32.5. The van der Waals surface area contributed by atoms with E-state index < -0.39 is 5.54 Å². The fourth-order valence-electron chi connectivity index (χ4n) is 4.74. The van der Waals surface area contributed by atoms with E-state index in [9.17, 15) is 9.59 Å². The smallest absolute Gasteiger partial charge is 0.251 e. The second-order valence-corrected chi connectivity index (χ2v) is 9.60. The van der Waals surface area contributed by atoms with Crippen LogP contribution in [0.5, 0.6) is 11.5 Å². The first-order chi connectivity index (χ1) is 17.3. The molecule has 2 aromatic carbocycles. The van der Waals surface area contributed by atoms with Crippen LogP contribution in [0, 0.1) is 0 Å². The highest BCUT2D eigenvalue weighted by Crippen LogP contribution is 2.35. The van der Waals surface area contributed by atoms with Gasteiger partial charge in [-0.2, -0.15) is 0 Å². The van der Waals surface area contributed by atoms with Crippen LogP contribution in [0.1, 0.15) is 74.0 Å². The minimum absolute atomic E-state index is 0.0841. The van der Waals surface area contributed by atoms with Crippen molar-refractivity contribution in [1.29, 1.82) is 0 Å². The largest absolute Gasteiger partial charge is 0.494 e. The van der Waals surface area contributed by atoms with Gasteiger partial charge in [0.25, 0.3) is 5.91 Å². The molecule has 0 radical (unpaired) electrons. The maximum Gasteiger partial charge on any atom is 0.251 e. The molecule has 0 saturated heterocycles. The zero-order valence-corrected chi connectivity index (χ0v) is 21.7. The highest BCUT2D eigenvalue weighted by atomic mass is 35.5. The van der Waals surface area contributed by atoms with Crippen molar-refractivity contribution in [3.8, 4) is 11.5 Å². The number of carbonyl (C=O) groups is 2. The van der Waals surface area contributed by atoms with Crippen molar-refractivity contribution in [2.45, 2.75) is 64.6 Å².